The van der Waals surface area contributed by atoms with Gasteiger partial charge in [-0.25, -0.2) is 4.79 Å². The summed E-state index contributed by atoms with van der Waals surface area (Å²) in [7, 11) is 0. The zero-order valence-electron chi connectivity index (χ0n) is 17.4. The van der Waals surface area contributed by atoms with Crippen LogP contribution in [0.3, 0.4) is 0 Å². The summed E-state index contributed by atoms with van der Waals surface area (Å²) in [5.41, 5.74) is 3.34. The van der Waals surface area contributed by atoms with E-state index < -0.39 is 0 Å². The van der Waals surface area contributed by atoms with E-state index >= 15 is 0 Å². The van der Waals surface area contributed by atoms with Gasteiger partial charge >= 0.3 is 6.03 Å². The van der Waals surface area contributed by atoms with Crippen LogP contribution in [0.15, 0.2) is 46.9 Å². The smallest absolute Gasteiger partial charge is 0.319 e. The van der Waals surface area contributed by atoms with Gasteiger partial charge < -0.3 is 15.4 Å². The lowest BCUT2D eigenvalue weighted by molar-refractivity contribution is 0.250. The zero-order chi connectivity index (χ0) is 20.7. The summed E-state index contributed by atoms with van der Waals surface area (Å²) >= 11 is 3.58. The highest BCUT2D eigenvalue weighted by molar-refractivity contribution is 9.10. The molecule has 2 amide bonds. The Labute approximate surface area is 177 Å². The third-order valence-electron chi connectivity index (χ3n) is 4.49. The molecule has 2 rings (SSSR count). The number of rotatable bonds is 7. The Morgan fingerprint density at radius 1 is 1.14 bits per heavy atom. The number of benzene rings is 2. The number of carbonyl (C=O) groups is 1. The van der Waals surface area contributed by atoms with Crippen LogP contribution in [0, 0.1) is 0 Å². The summed E-state index contributed by atoms with van der Waals surface area (Å²) in [5, 5.41) is 5.82. The van der Waals surface area contributed by atoms with Crippen molar-refractivity contribution in [2.75, 3.05) is 18.5 Å². The molecule has 0 fully saturated rings. The van der Waals surface area contributed by atoms with Crippen molar-refractivity contribution in [3.05, 3.63) is 58.1 Å². The van der Waals surface area contributed by atoms with Crippen LogP contribution in [-0.4, -0.2) is 19.2 Å². The van der Waals surface area contributed by atoms with Gasteiger partial charge in [0.15, 0.2) is 0 Å². The first-order valence-corrected chi connectivity index (χ1v) is 10.5. The fraction of sp³-hybridized carbons (Fsp3) is 0.435. The maximum absolute atomic E-state index is 12.1. The van der Waals surface area contributed by atoms with E-state index in [1.807, 2.05) is 30.3 Å². The maximum atomic E-state index is 12.1. The van der Waals surface area contributed by atoms with Crippen LogP contribution in [0.25, 0.3) is 0 Å². The standard InChI is InChI=1S/C23H31BrN2O2/c1-16(2)18-9-6-7-10-20(18)26-22(27)25-13-8-14-28-21-12-11-17(15-19(21)24)23(3,4)5/h6-7,9-12,15-16H,8,13-14H2,1-5H3,(H2,25,26,27). The van der Waals surface area contributed by atoms with E-state index in [0.29, 0.717) is 19.1 Å². The molecular weight excluding hydrogens is 416 g/mol. The second-order valence-corrected chi connectivity index (χ2v) is 9.07. The van der Waals surface area contributed by atoms with E-state index in [1.165, 1.54) is 5.56 Å². The van der Waals surface area contributed by atoms with Gasteiger partial charge in [0.05, 0.1) is 11.1 Å². The lowest BCUT2D eigenvalue weighted by Gasteiger charge is -2.20. The molecule has 0 bridgehead atoms. The fourth-order valence-corrected chi connectivity index (χ4v) is 3.31. The Kier molecular flexibility index (Phi) is 7.93. The largest absolute Gasteiger partial charge is 0.492 e. The monoisotopic (exact) mass is 446 g/mol. The molecule has 0 heterocycles. The Hall–Kier alpha value is -2.01. The van der Waals surface area contributed by atoms with Crippen molar-refractivity contribution in [3.63, 3.8) is 0 Å². The number of halogens is 1. The van der Waals surface area contributed by atoms with Crippen LogP contribution in [0.4, 0.5) is 10.5 Å². The molecule has 0 atom stereocenters. The van der Waals surface area contributed by atoms with Crippen molar-refractivity contribution >= 4 is 27.6 Å². The topological polar surface area (TPSA) is 50.4 Å². The summed E-state index contributed by atoms with van der Waals surface area (Å²) in [6, 6.07) is 13.9. The quantitative estimate of drug-likeness (QED) is 0.479. The maximum Gasteiger partial charge on any atom is 0.319 e. The Morgan fingerprint density at radius 2 is 1.86 bits per heavy atom. The molecule has 0 spiro atoms. The normalized spacial score (nSPS) is 11.4. The minimum Gasteiger partial charge on any atom is -0.492 e. The molecule has 0 unspecified atom stereocenters. The lowest BCUT2D eigenvalue weighted by Crippen LogP contribution is -2.30. The van der Waals surface area contributed by atoms with Crippen molar-refractivity contribution < 1.29 is 9.53 Å². The van der Waals surface area contributed by atoms with Crippen LogP contribution < -0.4 is 15.4 Å². The molecule has 2 N–H and O–H groups in total. The highest BCUT2D eigenvalue weighted by atomic mass is 79.9. The fourth-order valence-electron chi connectivity index (χ4n) is 2.82. The average molecular weight is 447 g/mol. The van der Waals surface area contributed by atoms with Gasteiger partial charge in [-0.3, -0.25) is 0 Å². The summed E-state index contributed by atoms with van der Waals surface area (Å²) < 4.78 is 6.79. The van der Waals surface area contributed by atoms with Crippen molar-refractivity contribution in [3.8, 4) is 5.75 Å². The molecule has 0 saturated carbocycles. The van der Waals surface area contributed by atoms with Crippen molar-refractivity contribution in [1.82, 2.24) is 5.32 Å². The second kappa shape index (κ2) is 9.97. The SMILES string of the molecule is CC(C)c1ccccc1NC(=O)NCCCOc1ccc(C(C)(C)C)cc1Br. The first-order chi connectivity index (χ1) is 13.2. The number of anilines is 1. The highest BCUT2D eigenvalue weighted by Gasteiger charge is 2.15. The van der Waals surface area contributed by atoms with E-state index in [4.69, 9.17) is 4.74 Å². The molecule has 0 aromatic heterocycles. The molecule has 0 radical (unpaired) electrons. The third-order valence-corrected chi connectivity index (χ3v) is 5.11. The molecule has 2 aromatic rings. The Balaban J connectivity index is 1.76. The van der Waals surface area contributed by atoms with Crippen LogP contribution in [0.2, 0.25) is 0 Å². The molecule has 5 heteroatoms. The van der Waals surface area contributed by atoms with Gasteiger partial charge in [-0.1, -0.05) is 58.9 Å². The molecule has 28 heavy (non-hydrogen) atoms. The van der Waals surface area contributed by atoms with Crippen LogP contribution in [0.5, 0.6) is 5.75 Å². The van der Waals surface area contributed by atoms with Crippen LogP contribution in [0.1, 0.15) is 58.1 Å². The molecule has 0 aliphatic carbocycles. The summed E-state index contributed by atoms with van der Waals surface area (Å²) in [4.78, 5) is 12.1. The number of ether oxygens (including phenoxy) is 1. The Morgan fingerprint density at radius 3 is 2.50 bits per heavy atom. The third kappa shape index (κ3) is 6.55. The van der Waals surface area contributed by atoms with Crippen molar-refractivity contribution in [2.24, 2.45) is 0 Å². The number of nitrogens with one attached hydrogen (secondary N) is 2. The van der Waals surface area contributed by atoms with E-state index in [1.54, 1.807) is 0 Å². The number of urea groups is 1. The minimum absolute atomic E-state index is 0.104. The van der Waals surface area contributed by atoms with E-state index in [9.17, 15) is 4.79 Å². The first kappa shape index (κ1) is 22.3. The predicted molar refractivity (Wildman–Crippen MR) is 121 cm³/mol. The van der Waals surface area contributed by atoms with E-state index in [0.717, 1.165) is 27.9 Å². The molecule has 152 valence electrons. The van der Waals surface area contributed by atoms with Crippen molar-refractivity contribution in [2.45, 2.75) is 52.4 Å². The van der Waals surface area contributed by atoms with E-state index in [-0.39, 0.29) is 11.4 Å². The predicted octanol–water partition coefficient (Wildman–Crippen LogP) is 6.46. The lowest BCUT2D eigenvalue weighted by atomic mass is 9.87. The molecule has 0 aliphatic rings. The van der Waals surface area contributed by atoms with Gasteiger partial charge in [0, 0.05) is 12.2 Å². The van der Waals surface area contributed by atoms with Gasteiger partial charge in [0.1, 0.15) is 5.75 Å². The first-order valence-electron chi connectivity index (χ1n) is 9.75. The van der Waals surface area contributed by atoms with Gasteiger partial charge in [0.2, 0.25) is 0 Å². The number of hydrogen-bond donors (Lipinski definition) is 2. The average Bonchev–Trinajstić information content (AvgIpc) is 2.62. The molecule has 4 nitrogen and oxygen atoms in total. The summed E-state index contributed by atoms with van der Waals surface area (Å²) in [5.74, 6) is 1.18. The van der Waals surface area contributed by atoms with E-state index in [2.05, 4.69) is 73.3 Å². The number of carbonyl (C=O) groups excluding carboxylic acids is 1. The van der Waals surface area contributed by atoms with Gasteiger partial charge in [-0.2, -0.15) is 0 Å². The molecule has 0 aliphatic heterocycles. The van der Waals surface area contributed by atoms with Crippen LogP contribution in [-0.2, 0) is 5.41 Å². The summed E-state index contributed by atoms with van der Waals surface area (Å²) in [6.45, 7) is 11.9. The van der Waals surface area contributed by atoms with Crippen molar-refractivity contribution in [1.29, 1.82) is 0 Å². The highest BCUT2D eigenvalue weighted by Crippen LogP contribution is 2.31. The van der Waals surface area contributed by atoms with Gasteiger partial charge in [-0.15, -0.1) is 0 Å². The number of amides is 2. The second-order valence-electron chi connectivity index (χ2n) is 8.22. The van der Waals surface area contributed by atoms with Gasteiger partial charge in [-0.05, 0) is 63.0 Å². The molecule has 0 saturated heterocycles. The number of para-hydroxylation sites is 1. The molecule has 2 aromatic carbocycles. The minimum atomic E-state index is -0.191. The Bertz CT molecular complexity index is 797. The summed E-state index contributed by atoms with van der Waals surface area (Å²) in [6.07, 6.45) is 0.729. The molecular formula is C23H31BrN2O2. The van der Waals surface area contributed by atoms with Gasteiger partial charge in [0.25, 0.3) is 0 Å². The number of hydrogen-bond acceptors (Lipinski definition) is 2. The van der Waals surface area contributed by atoms with Crippen LogP contribution >= 0.6 is 15.9 Å². The zero-order valence-corrected chi connectivity index (χ0v) is 19.0.